The molecule has 132 valence electrons. The highest BCUT2D eigenvalue weighted by atomic mass is 35.5. The summed E-state index contributed by atoms with van der Waals surface area (Å²) in [5.41, 5.74) is 2.82. The molecule has 3 aromatic rings. The van der Waals surface area contributed by atoms with E-state index in [9.17, 15) is 9.18 Å². The first kappa shape index (κ1) is 17.9. The first-order valence-corrected chi connectivity index (χ1v) is 8.49. The minimum atomic E-state index is -0.352. The number of anilines is 2. The van der Waals surface area contributed by atoms with Gasteiger partial charge < -0.3 is 10.6 Å². The van der Waals surface area contributed by atoms with Crippen molar-refractivity contribution in [3.8, 4) is 0 Å². The summed E-state index contributed by atoms with van der Waals surface area (Å²) in [4.78, 5) is 16.3. The Morgan fingerprint density at radius 2 is 1.65 bits per heavy atom. The maximum Gasteiger partial charge on any atom is 0.274 e. The van der Waals surface area contributed by atoms with E-state index in [2.05, 4.69) is 15.6 Å². The van der Waals surface area contributed by atoms with Crippen LogP contribution in [0.4, 0.5) is 15.8 Å². The van der Waals surface area contributed by atoms with Gasteiger partial charge >= 0.3 is 0 Å². The largest absolute Gasteiger partial charge is 0.383 e. The Morgan fingerprint density at radius 1 is 0.962 bits per heavy atom. The van der Waals surface area contributed by atoms with Crippen LogP contribution in [-0.4, -0.2) is 17.4 Å². The van der Waals surface area contributed by atoms with Crippen molar-refractivity contribution in [1.82, 2.24) is 4.98 Å². The number of halogens is 2. The maximum atomic E-state index is 12.9. The van der Waals surface area contributed by atoms with Gasteiger partial charge in [-0.2, -0.15) is 0 Å². The normalized spacial score (nSPS) is 10.4. The number of hydrogen-bond donors (Lipinski definition) is 2. The molecule has 0 radical (unpaired) electrons. The first-order valence-electron chi connectivity index (χ1n) is 8.11. The molecule has 0 atom stereocenters. The number of pyridine rings is 1. The third kappa shape index (κ3) is 5.04. The molecule has 0 fully saturated rings. The Hall–Kier alpha value is -2.92. The lowest BCUT2D eigenvalue weighted by Gasteiger charge is -2.08. The summed E-state index contributed by atoms with van der Waals surface area (Å²) in [6.45, 7) is 0.741. The smallest absolute Gasteiger partial charge is 0.274 e. The molecule has 0 saturated heterocycles. The molecule has 26 heavy (non-hydrogen) atoms. The van der Waals surface area contributed by atoms with Gasteiger partial charge in [-0.1, -0.05) is 23.7 Å². The Labute approximate surface area is 156 Å². The number of aromatic nitrogens is 1. The molecule has 0 unspecified atom stereocenters. The van der Waals surface area contributed by atoms with Gasteiger partial charge in [-0.05, 0) is 60.5 Å². The van der Waals surface area contributed by atoms with Crippen LogP contribution < -0.4 is 10.6 Å². The molecular weight excluding hydrogens is 353 g/mol. The molecule has 0 bridgehead atoms. The van der Waals surface area contributed by atoms with E-state index in [4.69, 9.17) is 11.6 Å². The third-order valence-corrected chi connectivity index (χ3v) is 4.01. The minimum absolute atomic E-state index is 0.289. The fraction of sp³-hybridized carbons (Fsp3) is 0.100. The van der Waals surface area contributed by atoms with E-state index in [1.54, 1.807) is 18.3 Å². The van der Waals surface area contributed by atoms with Crippen molar-refractivity contribution < 1.29 is 9.18 Å². The van der Waals surface area contributed by atoms with Gasteiger partial charge in [0.15, 0.2) is 0 Å². The van der Waals surface area contributed by atoms with E-state index in [1.807, 2.05) is 24.3 Å². The van der Waals surface area contributed by atoms with Crippen LogP contribution in [0.3, 0.4) is 0 Å². The molecule has 1 amide bonds. The lowest BCUT2D eigenvalue weighted by molar-refractivity contribution is 0.102. The van der Waals surface area contributed by atoms with Gasteiger partial charge in [0.05, 0.1) is 11.9 Å². The highest BCUT2D eigenvalue weighted by Gasteiger charge is 2.07. The second-order valence-electron chi connectivity index (χ2n) is 5.70. The molecule has 2 N–H and O–H groups in total. The van der Waals surface area contributed by atoms with Crippen molar-refractivity contribution in [2.45, 2.75) is 6.42 Å². The number of amides is 1. The van der Waals surface area contributed by atoms with Crippen molar-refractivity contribution >= 4 is 28.9 Å². The van der Waals surface area contributed by atoms with E-state index < -0.39 is 0 Å². The average Bonchev–Trinajstić information content (AvgIpc) is 2.66. The summed E-state index contributed by atoms with van der Waals surface area (Å²) in [6, 6.07) is 16.7. The Balaban J connectivity index is 1.51. The zero-order chi connectivity index (χ0) is 18.4. The summed E-state index contributed by atoms with van der Waals surface area (Å²) in [5, 5.41) is 6.66. The van der Waals surface area contributed by atoms with Crippen LogP contribution in [0, 0.1) is 5.82 Å². The molecule has 3 rings (SSSR count). The number of carbonyl (C=O) groups excluding carboxylic acids is 1. The zero-order valence-corrected chi connectivity index (χ0v) is 14.6. The SMILES string of the molecule is O=C(Nc1ccc(F)cc1)c1ccc(NCCc2ccc(Cl)cc2)cn1. The number of nitrogens with one attached hydrogen (secondary N) is 2. The van der Waals surface area contributed by atoms with Crippen molar-refractivity contribution in [2.24, 2.45) is 0 Å². The van der Waals surface area contributed by atoms with Crippen LogP contribution in [0.1, 0.15) is 16.1 Å². The third-order valence-electron chi connectivity index (χ3n) is 3.75. The molecule has 2 aromatic carbocycles. The first-order chi connectivity index (χ1) is 12.6. The van der Waals surface area contributed by atoms with Crippen LogP contribution >= 0.6 is 11.6 Å². The van der Waals surface area contributed by atoms with Crippen molar-refractivity contribution in [3.05, 3.63) is 89.0 Å². The lowest BCUT2D eigenvalue weighted by atomic mass is 10.1. The fourth-order valence-electron chi connectivity index (χ4n) is 2.36. The highest BCUT2D eigenvalue weighted by molar-refractivity contribution is 6.30. The number of carbonyl (C=O) groups is 1. The predicted octanol–water partition coefficient (Wildman–Crippen LogP) is 4.78. The molecule has 0 aliphatic rings. The van der Waals surface area contributed by atoms with E-state index >= 15 is 0 Å². The van der Waals surface area contributed by atoms with E-state index in [1.165, 1.54) is 29.8 Å². The van der Waals surface area contributed by atoms with Gasteiger partial charge in [0, 0.05) is 17.3 Å². The Bertz CT molecular complexity index is 865. The van der Waals surface area contributed by atoms with Crippen LogP contribution in [0.15, 0.2) is 66.9 Å². The average molecular weight is 370 g/mol. The minimum Gasteiger partial charge on any atom is -0.383 e. The molecule has 0 aliphatic heterocycles. The molecule has 4 nitrogen and oxygen atoms in total. The van der Waals surface area contributed by atoms with Gasteiger partial charge in [0.25, 0.3) is 5.91 Å². The molecule has 1 aromatic heterocycles. The standard InChI is InChI=1S/C20H17ClFN3O/c21-15-3-1-14(2-4-15)11-12-23-18-9-10-19(24-13-18)20(26)25-17-7-5-16(22)6-8-17/h1-10,13,23H,11-12H2,(H,25,26). The van der Waals surface area contributed by atoms with Gasteiger partial charge in [0.2, 0.25) is 0 Å². The van der Waals surface area contributed by atoms with Crippen molar-refractivity contribution in [3.63, 3.8) is 0 Å². The van der Waals surface area contributed by atoms with E-state index in [-0.39, 0.29) is 17.4 Å². The monoisotopic (exact) mass is 369 g/mol. The summed E-state index contributed by atoms with van der Waals surface area (Å²) in [5.74, 6) is -0.695. The Kier molecular flexibility index (Phi) is 5.81. The number of nitrogens with zero attached hydrogens (tertiary/aromatic N) is 1. The van der Waals surface area contributed by atoms with Crippen LogP contribution in [-0.2, 0) is 6.42 Å². The summed E-state index contributed by atoms with van der Waals surface area (Å²) < 4.78 is 12.9. The topological polar surface area (TPSA) is 54.0 Å². The molecule has 0 spiro atoms. The molecule has 1 heterocycles. The van der Waals surface area contributed by atoms with Gasteiger partial charge in [-0.15, -0.1) is 0 Å². The molecule has 0 aliphatic carbocycles. The van der Waals surface area contributed by atoms with Crippen LogP contribution in [0.25, 0.3) is 0 Å². The van der Waals surface area contributed by atoms with Gasteiger partial charge in [0.1, 0.15) is 11.5 Å². The van der Waals surface area contributed by atoms with E-state index in [0.717, 1.165) is 23.7 Å². The van der Waals surface area contributed by atoms with E-state index in [0.29, 0.717) is 5.69 Å². The van der Waals surface area contributed by atoms with Crippen molar-refractivity contribution in [1.29, 1.82) is 0 Å². The Morgan fingerprint density at radius 3 is 2.31 bits per heavy atom. The predicted molar refractivity (Wildman–Crippen MR) is 102 cm³/mol. The van der Waals surface area contributed by atoms with Gasteiger partial charge in [-0.25, -0.2) is 9.37 Å². The zero-order valence-electron chi connectivity index (χ0n) is 13.9. The second kappa shape index (κ2) is 8.45. The number of rotatable bonds is 6. The summed E-state index contributed by atoms with van der Waals surface area (Å²) >= 11 is 5.87. The maximum absolute atomic E-state index is 12.9. The molecular formula is C20H17ClFN3O. The quantitative estimate of drug-likeness (QED) is 0.657. The highest BCUT2D eigenvalue weighted by Crippen LogP contribution is 2.13. The number of benzene rings is 2. The van der Waals surface area contributed by atoms with Crippen LogP contribution in [0.5, 0.6) is 0 Å². The lowest BCUT2D eigenvalue weighted by Crippen LogP contribution is -2.14. The van der Waals surface area contributed by atoms with Crippen LogP contribution in [0.2, 0.25) is 5.02 Å². The fourth-order valence-corrected chi connectivity index (χ4v) is 2.49. The van der Waals surface area contributed by atoms with Gasteiger partial charge in [-0.3, -0.25) is 4.79 Å². The summed E-state index contributed by atoms with van der Waals surface area (Å²) in [7, 11) is 0. The molecule has 0 saturated carbocycles. The molecule has 6 heteroatoms. The second-order valence-corrected chi connectivity index (χ2v) is 6.13. The van der Waals surface area contributed by atoms with Crippen molar-refractivity contribution in [2.75, 3.05) is 17.2 Å². The summed E-state index contributed by atoms with van der Waals surface area (Å²) in [6.07, 6.45) is 2.46. The number of hydrogen-bond acceptors (Lipinski definition) is 3.